The van der Waals surface area contributed by atoms with Gasteiger partial charge in [-0.3, -0.25) is 0 Å². The molecule has 12 heavy (non-hydrogen) atoms. The highest BCUT2D eigenvalue weighted by Gasteiger charge is 2.28. The Kier molecular flexibility index (Phi) is 3.57. The number of methoxy groups -OCH3 is 1. The fourth-order valence-corrected chi connectivity index (χ4v) is 2.57. The maximum absolute atomic E-state index is 5.39. The molecular weight excluding hydrogens is 148 g/mol. The summed E-state index contributed by atoms with van der Waals surface area (Å²) >= 11 is 0. The molecule has 0 N–H and O–H groups in total. The summed E-state index contributed by atoms with van der Waals surface area (Å²) in [5, 5.41) is 0. The number of hydrogen-bond acceptors (Lipinski definition) is 1. The monoisotopic (exact) mass is 170 g/mol. The predicted molar refractivity (Wildman–Crippen MR) is 52.1 cm³/mol. The van der Waals surface area contributed by atoms with Gasteiger partial charge >= 0.3 is 0 Å². The lowest BCUT2D eigenvalue weighted by Gasteiger charge is -2.35. The molecule has 72 valence electrons. The SMILES string of the molecule is CO[C@H]1CC[C@H](C(C)C)[C@H](C)C1. The van der Waals surface area contributed by atoms with Crippen LogP contribution in [-0.2, 0) is 4.74 Å². The van der Waals surface area contributed by atoms with Crippen LogP contribution in [0.5, 0.6) is 0 Å². The van der Waals surface area contributed by atoms with Crippen molar-refractivity contribution in [3.8, 4) is 0 Å². The normalized spacial score (nSPS) is 37.2. The van der Waals surface area contributed by atoms with Crippen molar-refractivity contribution in [2.45, 2.75) is 46.1 Å². The summed E-state index contributed by atoms with van der Waals surface area (Å²) in [7, 11) is 1.84. The Morgan fingerprint density at radius 3 is 2.33 bits per heavy atom. The first-order chi connectivity index (χ1) is 5.65. The highest BCUT2D eigenvalue weighted by Crippen LogP contribution is 2.35. The summed E-state index contributed by atoms with van der Waals surface area (Å²) in [6.07, 6.45) is 4.43. The molecule has 1 nitrogen and oxygen atoms in total. The average molecular weight is 170 g/mol. The van der Waals surface area contributed by atoms with E-state index in [4.69, 9.17) is 4.74 Å². The third kappa shape index (κ3) is 2.22. The highest BCUT2D eigenvalue weighted by molar-refractivity contribution is 4.79. The Labute approximate surface area is 76.5 Å². The van der Waals surface area contributed by atoms with E-state index < -0.39 is 0 Å². The number of rotatable bonds is 2. The first-order valence-corrected chi connectivity index (χ1v) is 5.18. The van der Waals surface area contributed by atoms with Gasteiger partial charge in [-0.2, -0.15) is 0 Å². The first-order valence-electron chi connectivity index (χ1n) is 5.18. The van der Waals surface area contributed by atoms with Crippen LogP contribution in [0, 0.1) is 17.8 Å². The van der Waals surface area contributed by atoms with E-state index in [1.54, 1.807) is 0 Å². The van der Waals surface area contributed by atoms with Crippen LogP contribution in [0.25, 0.3) is 0 Å². The van der Waals surface area contributed by atoms with E-state index in [0.717, 1.165) is 17.8 Å². The van der Waals surface area contributed by atoms with Crippen LogP contribution in [0.1, 0.15) is 40.0 Å². The van der Waals surface area contributed by atoms with E-state index in [9.17, 15) is 0 Å². The van der Waals surface area contributed by atoms with E-state index >= 15 is 0 Å². The molecule has 1 aliphatic rings. The van der Waals surface area contributed by atoms with Crippen molar-refractivity contribution >= 4 is 0 Å². The molecule has 0 spiro atoms. The standard InChI is InChI=1S/C11H22O/c1-8(2)11-6-5-10(12-4)7-9(11)3/h8-11H,5-7H2,1-4H3/t9-,10+,11-/m1/s1. The molecule has 3 atom stereocenters. The first kappa shape index (κ1) is 10.0. The molecule has 0 saturated heterocycles. The molecule has 0 bridgehead atoms. The molecule has 1 aliphatic carbocycles. The van der Waals surface area contributed by atoms with E-state index in [2.05, 4.69) is 20.8 Å². The molecule has 0 aromatic carbocycles. The largest absolute Gasteiger partial charge is 0.381 e. The zero-order valence-electron chi connectivity index (χ0n) is 8.84. The van der Waals surface area contributed by atoms with Gasteiger partial charge in [-0.05, 0) is 37.0 Å². The van der Waals surface area contributed by atoms with Crippen molar-refractivity contribution in [3.63, 3.8) is 0 Å². The van der Waals surface area contributed by atoms with Gasteiger partial charge in [-0.1, -0.05) is 20.8 Å². The molecule has 0 unspecified atom stereocenters. The summed E-state index contributed by atoms with van der Waals surface area (Å²) in [4.78, 5) is 0. The molecule has 0 aliphatic heterocycles. The second-order valence-corrected chi connectivity index (χ2v) is 4.56. The fourth-order valence-electron chi connectivity index (χ4n) is 2.57. The second kappa shape index (κ2) is 4.27. The minimum atomic E-state index is 0.537. The lowest BCUT2D eigenvalue weighted by molar-refractivity contribution is 0.0229. The van der Waals surface area contributed by atoms with Gasteiger partial charge in [0.1, 0.15) is 0 Å². The van der Waals surface area contributed by atoms with Crippen molar-refractivity contribution < 1.29 is 4.74 Å². The Morgan fingerprint density at radius 2 is 1.92 bits per heavy atom. The molecule has 1 fully saturated rings. The van der Waals surface area contributed by atoms with Crippen LogP contribution in [0.3, 0.4) is 0 Å². The third-order valence-electron chi connectivity index (χ3n) is 3.38. The van der Waals surface area contributed by atoms with Crippen molar-refractivity contribution in [3.05, 3.63) is 0 Å². The average Bonchev–Trinajstić information content (AvgIpc) is 2.03. The van der Waals surface area contributed by atoms with Crippen LogP contribution in [-0.4, -0.2) is 13.2 Å². The van der Waals surface area contributed by atoms with Crippen LogP contribution in [0.4, 0.5) is 0 Å². The molecule has 0 aromatic heterocycles. The van der Waals surface area contributed by atoms with Gasteiger partial charge < -0.3 is 4.74 Å². The Hall–Kier alpha value is -0.0400. The molecule has 0 amide bonds. The zero-order chi connectivity index (χ0) is 9.14. The topological polar surface area (TPSA) is 9.23 Å². The summed E-state index contributed by atoms with van der Waals surface area (Å²) in [6.45, 7) is 7.05. The van der Waals surface area contributed by atoms with Crippen molar-refractivity contribution in [2.24, 2.45) is 17.8 Å². The smallest absolute Gasteiger partial charge is 0.0574 e. The third-order valence-corrected chi connectivity index (χ3v) is 3.38. The van der Waals surface area contributed by atoms with Crippen LogP contribution in [0.2, 0.25) is 0 Å². The van der Waals surface area contributed by atoms with Gasteiger partial charge in [0.05, 0.1) is 6.10 Å². The maximum atomic E-state index is 5.39. The highest BCUT2D eigenvalue weighted by atomic mass is 16.5. The van der Waals surface area contributed by atoms with Gasteiger partial charge in [-0.15, -0.1) is 0 Å². The Bertz CT molecular complexity index is 131. The fraction of sp³-hybridized carbons (Fsp3) is 1.00. The Balaban J connectivity index is 2.42. The van der Waals surface area contributed by atoms with Crippen LogP contribution >= 0.6 is 0 Å². The van der Waals surface area contributed by atoms with Crippen molar-refractivity contribution in [2.75, 3.05) is 7.11 Å². The quantitative estimate of drug-likeness (QED) is 0.619. The van der Waals surface area contributed by atoms with Crippen LogP contribution < -0.4 is 0 Å². The predicted octanol–water partition coefficient (Wildman–Crippen LogP) is 3.09. The summed E-state index contributed by atoms with van der Waals surface area (Å²) < 4.78 is 5.39. The Morgan fingerprint density at radius 1 is 1.25 bits per heavy atom. The molecule has 0 heterocycles. The molecule has 1 saturated carbocycles. The van der Waals surface area contributed by atoms with Gasteiger partial charge in [-0.25, -0.2) is 0 Å². The zero-order valence-corrected chi connectivity index (χ0v) is 8.84. The van der Waals surface area contributed by atoms with E-state index in [-0.39, 0.29) is 0 Å². The minimum absolute atomic E-state index is 0.537. The second-order valence-electron chi connectivity index (χ2n) is 4.56. The van der Waals surface area contributed by atoms with Crippen molar-refractivity contribution in [1.82, 2.24) is 0 Å². The minimum Gasteiger partial charge on any atom is -0.381 e. The number of hydrogen-bond donors (Lipinski definition) is 0. The molecule has 0 aromatic rings. The molecule has 0 radical (unpaired) electrons. The van der Waals surface area contributed by atoms with E-state index in [1.807, 2.05) is 7.11 Å². The van der Waals surface area contributed by atoms with Gasteiger partial charge in [0.15, 0.2) is 0 Å². The molecular formula is C11H22O. The van der Waals surface area contributed by atoms with E-state index in [0.29, 0.717) is 6.10 Å². The summed E-state index contributed by atoms with van der Waals surface area (Å²) in [6, 6.07) is 0. The van der Waals surface area contributed by atoms with Gasteiger partial charge in [0.25, 0.3) is 0 Å². The van der Waals surface area contributed by atoms with Gasteiger partial charge in [0, 0.05) is 7.11 Å². The summed E-state index contributed by atoms with van der Waals surface area (Å²) in [5.74, 6) is 2.62. The number of ether oxygens (including phenoxy) is 1. The van der Waals surface area contributed by atoms with Gasteiger partial charge in [0.2, 0.25) is 0 Å². The molecule has 1 rings (SSSR count). The lowest BCUT2D eigenvalue weighted by atomic mass is 9.73. The van der Waals surface area contributed by atoms with E-state index in [1.165, 1.54) is 19.3 Å². The van der Waals surface area contributed by atoms with Crippen molar-refractivity contribution in [1.29, 1.82) is 0 Å². The lowest BCUT2D eigenvalue weighted by Crippen LogP contribution is -2.30. The molecule has 1 heteroatoms. The summed E-state index contributed by atoms with van der Waals surface area (Å²) in [5.41, 5.74) is 0. The maximum Gasteiger partial charge on any atom is 0.0574 e. The van der Waals surface area contributed by atoms with Crippen LogP contribution in [0.15, 0.2) is 0 Å².